The molecule has 0 aliphatic heterocycles. The Balaban J connectivity index is 1.66. The van der Waals surface area contributed by atoms with Crippen LogP contribution in [0.4, 0.5) is 10.5 Å². The number of halogens is 1. The van der Waals surface area contributed by atoms with Crippen LogP contribution in [0.3, 0.4) is 0 Å². The highest BCUT2D eigenvalue weighted by atomic mass is 35.5. The number of carbonyl (C=O) groups is 1. The van der Waals surface area contributed by atoms with Crippen molar-refractivity contribution in [1.82, 2.24) is 10.3 Å². The lowest BCUT2D eigenvalue weighted by Crippen LogP contribution is -2.30. The average Bonchev–Trinajstić information content (AvgIpc) is 2.46. The molecule has 6 heteroatoms. The van der Waals surface area contributed by atoms with E-state index in [1.807, 2.05) is 24.3 Å². The molecular formula is C14H14ClN3OS. The second-order valence-electron chi connectivity index (χ2n) is 3.92. The van der Waals surface area contributed by atoms with Crippen LogP contribution in [0.2, 0.25) is 5.02 Å². The van der Waals surface area contributed by atoms with Gasteiger partial charge >= 0.3 is 6.03 Å². The first-order valence-electron chi connectivity index (χ1n) is 6.07. The van der Waals surface area contributed by atoms with Crippen LogP contribution >= 0.6 is 23.4 Å². The number of hydrogen-bond acceptors (Lipinski definition) is 3. The molecule has 0 saturated heterocycles. The van der Waals surface area contributed by atoms with Crippen molar-refractivity contribution < 1.29 is 4.79 Å². The lowest BCUT2D eigenvalue weighted by Gasteiger charge is -2.07. The maximum atomic E-state index is 11.6. The quantitative estimate of drug-likeness (QED) is 0.655. The molecule has 0 spiro atoms. The number of rotatable bonds is 5. The van der Waals surface area contributed by atoms with E-state index in [-0.39, 0.29) is 6.03 Å². The molecule has 0 aliphatic rings. The highest BCUT2D eigenvalue weighted by Crippen LogP contribution is 2.19. The first kappa shape index (κ1) is 14.7. The predicted molar refractivity (Wildman–Crippen MR) is 83.4 cm³/mol. The maximum absolute atomic E-state index is 11.6. The minimum Gasteiger partial charge on any atom is -0.337 e. The lowest BCUT2D eigenvalue weighted by atomic mass is 10.4. The molecule has 2 N–H and O–H groups in total. The molecule has 0 fully saturated rings. The van der Waals surface area contributed by atoms with Gasteiger partial charge in [0.25, 0.3) is 0 Å². The van der Waals surface area contributed by atoms with Crippen LogP contribution in [0.5, 0.6) is 0 Å². The van der Waals surface area contributed by atoms with Crippen molar-refractivity contribution in [3.8, 4) is 0 Å². The standard InChI is InChI=1S/C14H14ClN3OS/c15-11-1-3-13(4-2-11)20-10-9-17-14(19)18-12-5-7-16-8-6-12/h1-8H,9-10H2,(H2,16,17,18,19). The van der Waals surface area contributed by atoms with Gasteiger partial charge in [0.15, 0.2) is 0 Å². The van der Waals surface area contributed by atoms with Gasteiger partial charge in [-0.05, 0) is 36.4 Å². The molecule has 104 valence electrons. The minimum atomic E-state index is -0.215. The topological polar surface area (TPSA) is 54.0 Å². The Kier molecular flexibility index (Phi) is 5.70. The fraction of sp³-hybridized carbons (Fsp3) is 0.143. The van der Waals surface area contributed by atoms with Crippen molar-refractivity contribution in [2.75, 3.05) is 17.6 Å². The van der Waals surface area contributed by atoms with E-state index in [1.54, 1.807) is 36.3 Å². The van der Waals surface area contributed by atoms with Crippen molar-refractivity contribution in [1.29, 1.82) is 0 Å². The van der Waals surface area contributed by atoms with Crippen molar-refractivity contribution in [3.63, 3.8) is 0 Å². The summed E-state index contributed by atoms with van der Waals surface area (Å²) in [6.07, 6.45) is 3.26. The average molecular weight is 308 g/mol. The summed E-state index contributed by atoms with van der Waals surface area (Å²) in [7, 11) is 0. The molecule has 0 radical (unpaired) electrons. The third-order valence-corrected chi connectivity index (χ3v) is 3.67. The van der Waals surface area contributed by atoms with Gasteiger partial charge in [-0.25, -0.2) is 4.79 Å². The summed E-state index contributed by atoms with van der Waals surface area (Å²) in [4.78, 5) is 16.6. The van der Waals surface area contributed by atoms with Gasteiger partial charge in [0, 0.05) is 40.3 Å². The molecule has 0 aliphatic carbocycles. The van der Waals surface area contributed by atoms with Crippen molar-refractivity contribution in [2.24, 2.45) is 0 Å². The monoisotopic (exact) mass is 307 g/mol. The SMILES string of the molecule is O=C(NCCSc1ccc(Cl)cc1)Nc1ccncc1. The normalized spacial score (nSPS) is 10.1. The van der Waals surface area contributed by atoms with Crippen LogP contribution in [-0.2, 0) is 0 Å². The second-order valence-corrected chi connectivity index (χ2v) is 5.52. The summed E-state index contributed by atoms with van der Waals surface area (Å²) in [5.41, 5.74) is 0.725. The van der Waals surface area contributed by atoms with Crippen molar-refractivity contribution in [2.45, 2.75) is 4.90 Å². The molecule has 20 heavy (non-hydrogen) atoms. The van der Waals surface area contributed by atoms with Gasteiger partial charge in [0.05, 0.1) is 0 Å². The van der Waals surface area contributed by atoms with Gasteiger partial charge < -0.3 is 10.6 Å². The maximum Gasteiger partial charge on any atom is 0.319 e. The second kappa shape index (κ2) is 7.77. The van der Waals surface area contributed by atoms with Crippen molar-refractivity contribution >= 4 is 35.1 Å². The number of aromatic nitrogens is 1. The number of urea groups is 1. The molecule has 4 nitrogen and oxygen atoms in total. The van der Waals surface area contributed by atoms with Crippen LogP contribution in [0, 0.1) is 0 Å². The van der Waals surface area contributed by atoms with E-state index in [4.69, 9.17) is 11.6 Å². The Morgan fingerprint density at radius 1 is 1.15 bits per heavy atom. The van der Waals surface area contributed by atoms with Crippen LogP contribution in [0.25, 0.3) is 0 Å². The summed E-state index contributed by atoms with van der Waals surface area (Å²) >= 11 is 7.48. The minimum absolute atomic E-state index is 0.215. The van der Waals surface area contributed by atoms with Gasteiger partial charge in [-0.15, -0.1) is 11.8 Å². The van der Waals surface area contributed by atoms with Gasteiger partial charge in [0.1, 0.15) is 0 Å². The number of benzene rings is 1. The zero-order valence-corrected chi connectivity index (χ0v) is 12.2. The van der Waals surface area contributed by atoms with E-state index in [0.29, 0.717) is 6.54 Å². The van der Waals surface area contributed by atoms with Crippen LogP contribution in [-0.4, -0.2) is 23.3 Å². The summed E-state index contributed by atoms with van der Waals surface area (Å²) in [6.45, 7) is 0.588. The molecular weight excluding hydrogens is 294 g/mol. The lowest BCUT2D eigenvalue weighted by molar-refractivity contribution is 0.252. The Morgan fingerprint density at radius 2 is 1.85 bits per heavy atom. The Labute approximate surface area is 126 Å². The summed E-state index contributed by atoms with van der Waals surface area (Å²) < 4.78 is 0. The summed E-state index contributed by atoms with van der Waals surface area (Å²) in [5.74, 6) is 0.797. The Morgan fingerprint density at radius 3 is 2.55 bits per heavy atom. The number of pyridine rings is 1. The molecule has 2 aromatic rings. The Bertz CT molecular complexity index is 548. The molecule has 2 amide bonds. The number of thioether (sulfide) groups is 1. The van der Waals surface area contributed by atoms with E-state index in [0.717, 1.165) is 21.4 Å². The van der Waals surface area contributed by atoms with E-state index in [9.17, 15) is 4.79 Å². The number of hydrogen-bond donors (Lipinski definition) is 2. The number of amides is 2. The summed E-state index contributed by atoms with van der Waals surface area (Å²) in [5, 5.41) is 6.25. The molecule has 0 saturated carbocycles. The zero-order chi connectivity index (χ0) is 14.2. The van der Waals surface area contributed by atoms with Gasteiger partial charge in [0.2, 0.25) is 0 Å². The van der Waals surface area contributed by atoms with E-state index in [1.165, 1.54) is 0 Å². The number of nitrogens with one attached hydrogen (secondary N) is 2. The predicted octanol–water partition coefficient (Wildman–Crippen LogP) is 3.65. The molecule has 1 aromatic carbocycles. The highest BCUT2D eigenvalue weighted by molar-refractivity contribution is 7.99. The van der Waals surface area contributed by atoms with E-state index >= 15 is 0 Å². The highest BCUT2D eigenvalue weighted by Gasteiger charge is 2.00. The third kappa shape index (κ3) is 5.11. The van der Waals surface area contributed by atoms with Crippen LogP contribution in [0.1, 0.15) is 0 Å². The molecule has 1 aromatic heterocycles. The molecule has 0 unspecified atom stereocenters. The van der Waals surface area contributed by atoms with Gasteiger partial charge in [-0.3, -0.25) is 4.98 Å². The molecule has 2 rings (SSSR count). The van der Waals surface area contributed by atoms with E-state index < -0.39 is 0 Å². The number of nitrogens with zero attached hydrogens (tertiary/aromatic N) is 1. The van der Waals surface area contributed by atoms with Gasteiger partial charge in [-0.1, -0.05) is 11.6 Å². The summed E-state index contributed by atoms with van der Waals surface area (Å²) in [6, 6.07) is 10.9. The Hall–Kier alpha value is -1.72. The van der Waals surface area contributed by atoms with Crippen molar-refractivity contribution in [3.05, 3.63) is 53.8 Å². The smallest absolute Gasteiger partial charge is 0.319 e. The van der Waals surface area contributed by atoms with Crippen LogP contribution in [0.15, 0.2) is 53.7 Å². The van der Waals surface area contributed by atoms with Crippen LogP contribution < -0.4 is 10.6 Å². The first-order chi connectivity index (χ1) is 9.74. The zero-order valence-electron chi connectivity index (χ0n) is 10.7. The third-order valence-electron chi connectivity index (χ3n) is 2.41. The van der Waals surface area contributed by atoms with Gasteiger partial charge in [-0.2, -0.15) is 0 Å². The fourth-order valence-electron chi connectivity index (χ4n) is 1.47. The largest absolute Gasteiger partial charge is 0.337 e. The molecule has 1 heterocycles. The number of carbonyl (C=O) groups excluding carboxylic acids is 1. The number of anilines is 1. The molecule has 0 atom stereocenters. The molecule has 0 bridgehead atoms. The first-order valence-corrected chi connectivity index (χ1v) is 7.43. The fourth-order valence-corrected chi connectivity index (χ4v) is 2.37. The van der Waals surface area contributed by atoms with E-state index in [2.05, 4.69) is 15.6 Å².